The summed E-state index contributed by atoms with van der Waals surface area (Å²) in [7, 11) is 0. The summed E-state index contributed by atoms with van der Waals surface area (Å²) in [4.78, 5) is 37.9. The summed E-state index contributed by atoms with van der Waals surface area (Å²) < 4.78 is 5.67. The van der Waals surface area contributed by atoms with E-state index in [0.29, 0.717) is 17.7 Å². The molecule has 0 saturated heterocycles. The largest absolute Gasteiger partial charge is 0.493 e. The fourth-order valence-corrected chi connectivity index (χ4v) is 3.59. The van der Waals surface area contributed by atoms with Crippen molar-refractivity contribution in [3.8, 4) is 5.75 Å². The van der Waals surface area contributed by atoms with Crippen LogP contribution in [-0.2, 0) is 6.42 Å². The number of carbonyl (C=O) groups excluding carboxylic acids is 2. The highest BCUT2D eigenvalue weighted by Gasteiger charge is 2.33. The van der Waals surface area contributed by atoms with Crippen LogP contribution in [0.1, 0.15) is 64.6 Å². The van der Waals surface area contributed by atoms with Gasteiger partial charge in [0, 0.05) is 17.2 Å². The van der Waals surface area contributed by atoms with Gasteiger partial charge in [-0.25, -0.2) is 10.4 Å². The van der Waals surface area contributed by atoms with Gasteiger partial charge in [0.1, 0.15) is 11.3 Å². The van der Waals surface area contributed by atoms with Crippen molar-refractivity contribution >= 4 is 17.5 Å². The molecule has 0 aromatic heterocycles. The summed E-state index contributed by atoms with van der Waals surface area (Å²) >= 11 is 0. The molecule has 2 aromatic rings. The van der Waals surface area contributed by atoms with Crippen LogP contribution < -0.4 is 10.2 Å². The van der Waals surface area contributed by atoms with Crippen molar-refractivity contribution < 1.29 is 19.2 Å². The Labute approximate surface area is 181 Å². The van der Waals surface area contributed by atoms with Gasteiger partial charge in [-0.3, -0.25) is 19.7 Å². The Kier molecular flexibility index (Phi) is 6.13. The van der Waals surface area contributed by atoms with Crippen LogP contribution in [0, 0.1) is 24.0 Å². The van der Waals surface area contributed by atoms with Crippen molar-refractivity contribution in [2.75, 3.05) is 6.61 Å². The Morgan fingerprint density at radius 2 is 1.77 bits per heavy atom. The topological polar surface area (TPSA) is 102 Å². The molecule has 8 nitrogen and oxygen atoms in total. The molecule has 2 amide bonds. The number of hydrazine groups is 1. The maximum atomic E-state index is 13.5. The van der Waals surface area contributed by atoms with E-state index in [0.717, 1.165) is 34.7 Å². The van der Waals surface area contributed by atoms with Gasteiger partial charge in [0.05, 0.1) is 11.5 Å². The molecule has 3 rings (SSSR count). The zero-order chi connectivity index (χ0) is 22.9. The summed E-state index contributed by atoms with van der Waals surface area (Å²) in [5.74, 6) is -0.596. The number of nitrogens with one attached hydrogen (secondary N) is 1. The maximum Gasteiger partial charge on any atom is 0.282 e. The average Bonchev–Trinajstić information content (AvgIpc) is 2.70. The summed E-state index contributed by atoms with van der Waals surface area (Å²) in [5, 5.41) is 12.4. The third-order valence-electron chi connectivity index (χ3n) is 5.05. The third-order valence-corrected chi connectivity index (χ3v) is 5.05. The molecule has 0 fully saturated rings. The Morgan fingerprint density at radius 1 is 1.10 bits per heavy atom. The number of hydrogen-bond acceptors (Lipinski definition) is 6. The zero-order valence-electron chi connectivity index (χ0n) is 18.4. The molecule has 164 valence electrons. The van der Waals surface area contributed by atoms with Gasteiger partial charge >= 0.3 is 0 Å². The Morgan fingerprint density at radius 3 is 2.42 bits per heavy atom. The number of nitro groups is 1. The lowest BCUT2D eigenvalue weighted by molar-refractivity contribution is -0.385. The molecule has 8 heteroatoms. The smallest absolute Gasteiger partial charge is 0.282 e. The van der Waals surface area contributed by atoms with Crippen molar-refractivity contribution in [3.05, 3.63) is 68.3 Å². The van der Waals surface area contributed by atoms with Gasteiger partial charge < -0.3 is 4.74 Å². The minimum atomic E-state index is -0.774. The summed E-state index contributed by atoms with van der Waals surface area (Å²) in [5.41, 5.74) is 4.51. The molecular weight excluding hydrogens is 398 g/mol. The normalized spacial score (nSPS) is 13.2. The zero-order valence-corrected chi connectivity index (χ0v) is 18.4. The molecule has 0 spiro atoms. The predicted octanol–water partition coefficient (Wildman–Crippen LogP) is 4.12. The summed E-state index contributed by atoms with van der Waals surface area (Å²) in [6.07, 6.45) is 1.64. The van der Waals surface area contributed by atoms with E-state index in [1.165, 1.54) is 12.1 Å². The number of nitro benzene ring substituents is 1. The SMILES string of the molecule is Cc1ccc([N+](=O)[O-])c(C(=O)N(NC(C)(C)C)C(=O)c2ccc3c(c2C)CCCO3)c1. The molecule has 0 unspecified atom stereocenters. The molecule has 0 atom stereocenters. The highest BCUT2D eigenvalue weighted by molar-refractivity contribution is 6.12. The van der Waals surface area contributed by atoms with Crippen molar-refractivity contribution in [3.63, 3.8) is 0 Å². The van der Waals surface area contributed by atoms with Crippen LogP contribution in [0.3, 0.4) is 0 Å². The van der Waals surface area contributed by atoms with E-state index >= 15 is 0 Å². The van der Waals surface area contributed by atoms with Crippen LogP contribution in [0.4, 0.5) is 5.69 Å². The highest BCUT2D eigenvalue weighted by Crippen LogP contribution is 2.31. The summed E-state index contributed by atoms with van der Waals surface area (Å²) in [6.45, 7) is 9.61. The molecule has 1 heterocycles. The second-order valence-corrected chi connectivity index (χ2v) is 8.75. The van der Waals surface area contributed by atoms with Gasteiger partial charge in [0.2, 0.25) is 0 Å². The number of fused-ring (bicyclic) bond motifs is 1. The molecular formula is C23H27N3O5. The van der Waals surface area contributed by atoms with E-state index in [9.17, 15) is 19.7 Å². The van der Waals surface area contributed by atoms with Crippen LogP contribution in [-0.4, -0.2) is 33.9 Å². The van der Waals surface area contributed by atoms with Gasteiger partial charge in [0.25, 0.3) is 17.5 Å². The van der Waals surface area contributed by atoms with Crippen molar-refractivity contribution in [2.24, 2.45) is 0 Å². The maximum absolute atomic E-state index is 13.5. The predicted molar refractivity (Wildman–Crippen MR) is 116 cm³/mol. The number of benzene rings is 2. The molecule has 31 heavy (non-hydrogen) atoms. The molecule has 0 radical (unpaired) electrons. The second kappa shape index (κ2) is 8.47. The fourth-order valence-electron chi connectivity index (χ4n) is 3.59. The second-order valence-electron chi connectivity index (χ2n) is 8.75. The average molecular weight is 425 g/mol. The van der Waals surface area contributed by atoms with Crippen LogP contribution in [0.15, 0.2) is 30.3 Å². The number of hydrogen-bond donors (Lipinski definition) is 1. The number of imide groups is 1. The first-order valence-corrected chi connectivity index (χ1v) is 10.2. The number of ether oxygens (including phenoxy) is 1. The molecule has 0 aliphatic carbocycles. The minimum Gasteiger partial charge on any atom is -0.493 e. The molecule has 0 saturated carbocycles. The van der Waals surface area contributed by atoms with Crippen molar-refractivity contribution in [2.45, 2.75) is 53.0 Å². The van der Waals surface area contributed by atoms with Crippen LogP contribution in [0.25, 0.3) is 0 Å². The first-order chi connectivity index (χ1) is 14.5. The molecule has 1 N–H and O–H groups in total. The fraction of sp³-hybridized carbons (Fsp3) is 0.391. The molecule has 0 bridgehead atoms. The number of nitrogens with zero attached hydrogens (tertiary/aromatic N) is 2. The van der Waals surface area contributed by atoms with E-state index in [1.807, 2.05) is 6.92 Å². The minimum absolute atomic E-state index is 0.144. The summed E-state index contributed by atoms with van der Waals surface area (Å²) in [6, 6.07) is 7.65. The van der Waals surface area contributed by atoms with Gasteiger partial charge in [-0.05, 0) is 82.3 Å². The monoisotopic (exact) mass is 425 g/mol. The lowest BCUT2D eigenvalue weighted by atomic mass is 9.95. The van der Waals surface area contributed by atoms with E-state index < -0.39 is 22.3 Å². The lowest BCUT2D eigenvalue weighted by Gasteiger charge is -2.31. The van der Waals surface area contributed by atoms with Gasteiger partial charge in [0.15, 0.2) is 0 Å². The molecule has 1 aliphatic heterocycles. The van der Waals surface area contributed by atoms with Crippen molar-refractivity contribution in [1.82, 2.24) is 10.4 Å². The van der Waals surface area contributed by atoms with Crippen molar-refractivity contribution in [1.29, 1.82) is 0 Å². The van der Waals surface area contributed by atoms with E-state index in [4.69, 9.17) is 4.74 Å². The lowest BCUT2D eigenvalue weighted by Crippen LogP contribution is -2.55. The van der Waals surface area contributed by atoms with Crippen LogP contribution in [0.5, 0.6) is 5.75 Å². The van der Waals surface area contributed by atoms with Gasteiger partial charge in [-0.15, -0.1) is 0 Å². The Hall–Kier alpha value is -3.26. The van der Waals surface area contributed by atoms with Crippen LogP contribution in [0.2, 0.25) is 0 Å². The Balaban J connectivity index is 2.09. The van der Waals surface area contributed by atoms with E-state index in [-0.39, 0.29) is 11.3 Å². The standard InChI is InChI=1S/C23H27N3O5/c1-14-8-10-19(26(29)30)18(13-14)22(28)25(24-23(3,4)5)21(27)17-9-11-20-16(15(17)2)7-6-12-31-20/h8-11,13,24H,6-7,12H2,1-5H3. The first kappa shape index (κ1) is 22.4. The van der Waals surface area contributed by atoms with E-state index in [2.05, 4.69) is 5.43 Å². The molecule has 2 aromatic carbocycles. The quantitative estimate of drug-likeness (QED) is 0.449. The Bertz CT molecular complexity index is 1060. The molecule has 1 aliphatic rings. The highest BCUT2D eigenvalue weighted by atomic mass is 16.6. The first-order valence-electron chi connectivity index (χ1n) is 10.2. The van der Waals surface area contributed by atoms with Crippen LogP contribution >= 0.6 is 0 Å². The van der Waals surface area contributed by atoms with E-state index in [1.54, 1.807) is 45.9 Å². The number of amides is 2. The third kappa shape index (κ3) is 4.74. The van der Waals surface area contributed by atoms with Gasteiger partial charge in [-0.2, -0.15) is 0 Å². The van der Waals surface area contributed by atoms with Gasteiger partial charge in [-0.1, -0.05) is 6.07 Å². The number of aryl methyl sites for hydroxylation is 1. The number of rotatable bonds is 4. The number of carbonyl (C=O) groups is 2.